The number of hydrogen-bond acceptors (Lipinski definition) is 4. The van der Waals surface area contributed by atoms with Crippen LogP contribution in [-0.4, -0.2) is 27.5 Å². The van der Waals surface area contributed by atoms with E-state index >= 15 is 0 Å². The van der Waals surface area contributed by atoms with Gasteiger partial charge in [0.1, 0.15) is 5.02 Å². The van der Waals surface area contributed by atoms with E-state index in [0.29, 0.717) is 22.9 Å². The average molecular weight is 391 g/mol. The summed E-state index contributed by atoms with van der Waals surface area (Å²) in [5.74, 6) is 0. The van der Waals surface area contributed by atoms with Gasteiger partial charge in [0.15, 0.2) is 0 Å². The van der Waals surface area contributed by atoms with Crippen LogP contribution in [0.15, 0.2) is 29.2 Å². The Morgan fingerprint density at radius 2 is 1.92 bits per heavy atom. The number of benzene rings is 1. The molecule has 24 heavy (non-hydrogen) atoms. The lowest BCUT2D eigenvalue weighted by Crippen LogP contribution is -2.32. The Labute approximate surface area is 155 Å². The van der Waals surface area contributed by atoms with Crippen molar-refractivity contribution in [2.75, 3.05) is 11.9 Å². The molecule has 2 N–H and O–H groups in total. The van der Waals surface area contributed by atoms with Gasteiger partial charge in [0.25, 0.3) is 5.56 Å². The quantitative estimate of drug-likeness (QED) is 0.827. The second-order valence-electron chi connectivity index (χ2n) is 6.45. The fourth-order valence-corrected chi connectivity index (χ4v) is 2.38. The van der Waals surface area contributed by atoms with Crippen molar-refractivity contribution in [2.45, 2.75) is 26.9 Å². The van der Waals surface area contributed by atoms with Crippen LogP contribution in [0.3, 0.4) is 0 Å². The van der Waals surface area contributed by atoms with Gasteiger partial charge in [0.2, 0.25) is 0 Å². The number of nitrogens with one attached hydrogen (secondary N) is 1. The summed E-state index contributed by atoms with van der Waals surface area (Å²) in [6.45, 7) is 6.21. The summed E-state index contributed by atoms with van der Waals surface area (Å²) in [4.78, 5) is 12.1. The second kappa shape index (κ2) is 7.31. The van der Waals surface area contributed by atoms with E-state index in [1.54, 1.807) is 18.2 Å². The molecule has 0 aliphatic rings. The highest BCUT2D eigenvalue weighted by Gasteiger charge is 2.22. The number of hydrogen-bond donors (Lipinski definition) is 2. The van der Waals surface area contributed by atoms with Gasteiger partial charge in [-0.1, -0.05) is 55.6 Å². The van der Waals surface area contributed by atoms with Crippen LogP contribution in [0.4, 0.5) is 5.69 Å². The zero-order valence-corrected chi connectivity index (χ0v) is 15.7. The van der Waals surface area contributed by atoms with Gasteiger partial charge in [-0.05, 0) is 23.6 Å². The molecule has 0 bridgehead atoms. The van der Waals surface area contributed by atoms with Gasteiger partial charge in [-0.2, -0.15) is 9.78 Å². The summed E-state index contributed by atoms with van der Waals surface area (Å²) < 4.78 is 1.12. The zero-order valence-electron chi connectivity index (χ0n) is 13.5. The molecule has 8 heteroatoms. The van der Waals surface area contributed by atoms with Crippen LogP contribution in [0.25, 0.3) is 5.69 Å². The van der Waals surface area contributed by atoms with Gasteiger partial charge in [-0.25, -0.2) is 0 Å². The maximum atomic E-state index is 12.1. The molecule has 0 fully saturated rings. The molecule has 0 saturated carbocycles. The molecule has 5 nitrogen and oxygen atoms in total. The van der Waals surface area contributed by atoms with E-state index < -0.39 is 11.7 Å². The zero-order chi connectivity index (χ0) is 18.1. The number of aromatic nitrogens is 2. The average Bonchev–Trinajstić information content (AvgIpc) is 2.50. The van der Waals surface area contributed by atoms with Crippen LogP contribution in [0.2, 0.25) is 15.1 Å². The first-order valence-corrected chi connectivity index (χ1v) is 8.40. The SMILES string of the molecule is CC(C)(C)[C@@H](O)CNc1ccc(-n2ncc(Cl)c(Cl)c2=O)cc1Cl. The molecule has 1 aromatic heterocycles. The van der Waals surface area contributed by atoms with E-state index in [1.807, 2.05) is 20.8 Å². The minimum Gasteiger partial charge on any atom is -0.391 e. The van der Waals surface area contributed by atoms with Crippen molar-refractivity contribution < 1.29 is 5.11 Å². The van der Waals surface area contributed by atoms with Crippen LogP contribution in [0, 0.1) is 5.41 Å². The topological polar surface area (TPSA) is 67.2 Å². The molecule has 0 amide bonds. The van der Waals surface area contributed by atoms with Gasteiger partial charge < -0.3 is 10.4 Å². The predicted octanol–water partition coefficient (Wildman–Crippen LogP) is 4.01. The molecule has 0 aliphatic heterocycles. The molecule has 0 saturated heterocycles. The first-order chi connectivity index (χ1) is 11.1. The normalized spacial score (nSPS) is 13.0. The third kappa shape index (κ3) is 4.22. The molecule has 0 radical (unpaired) electrons. The Morgan fingerprint density at radius 1 is 1.25 bits per heavy atom. The second-order valence-corrected chi connectivity index (χ2v) is 7.64. The van der Waals surface area contributed by atoms with E-state index in [0.717, 1.165) is 4.68 Å². The molecule has 1 heterocycles. The van der Waals surface area contributed by atoms with Gasteiger partial charge in [-0.15, -0.1) is 0 Å². The predicted molar refractivity (Wildman–Crippen MR) is 98.8 cm³/mol. The van der Waals surface area contributed by atoms with Crippen molar-refractivity contribution in [2.24, 2.45) is 5.41 Å². The lowest BCUT2D eigenvalue weighted by atomic mass is 9.89. The minimum atomic E-state index is -0.535. The van der Waals surface area contributed by atoms with Gasteiger partial charge in [0, 0.05) is 6.54 Å². The Kier molecular flexibility index (Phi) is 5.81. The summed E-state index contributed by atoms with van der Waals surface area (Å²) in [7, 11) is 0. The fraction of sp³-hybridized carbons (Fsp3) is 0.375. The summed E-state index contributed by atoms with van der Waals surface area (Å²) in [6.07, 6.45) is 0.762. The summed E-state index contributed by atoms with van der Waals surface area (Å²) >= 11 is 17.9. The standard InChI is InChI=1S/C16H18Cl3N3O2/c1-16(2,3)13(23)8-20-12-5-4-9(6-10(12)17)22-15(24)14(19)11(18)7-21-22/h4-7,13,20,23H,8H2,1-3H3/t13-/m0/s1. The molecule has 130 valence electrons. The number of aliphatic hydroxyl groups excluding tert-OH is 1. The van der Waals surface area contributed by atoms with E-state index in [1.165, 1.54) is 6.20 Å². The van der Waals surface area contributed by atoms with Crippen molar-refractivity contribution in [3.05, 3.63) is 49.8 Å². The largest absolute Gasteiger partial charge is 0.391 e. The molecular weight excluding hydrogens is 373 g/mol. The van der Waals surface area contributed by atoms with Crippen LogP contribution in [-0.2, 0) is 0 Å². The number of aliphatic hydroxyl groups is 1. The van der Waals surface area contributed by atoms with E-state index in [4.69, 9.17) is 34.8 Å². The highest BCUT2D eigenvalue weighted by molar-refractivity contribution is 6.41. The maximum Gasteiger partial charge on any atom is 0.291 e. The highest BCUT2D eigenvalue weighted by Crippen LogP contribution is 2.26. The van der Waals surface area contributed by atoms with Crippen molar-refractivity contribution >= 4 is 40.5 Å². The van der Waals surface area contributed by atoms with Gasteiger partial charge >= 0.3 is 0 Å². The first-order valence-electron chi connectivity index (χ1n) is 7.26. The van der Waals surface area contributed by atoms with Crippen LogP contribution in [0.1, 0.15) is 20.8 Å². The molecule has 1 atom stereocenters. The van der Waals surface area contributed by atoms with Gasteiger partial charge in [0.05, 0.1) is 33.7 Å². The van der Waals surface area contributed by atoms with Crippen LogP contribution in [0.5, 0.6) is 0 Å². The van der Waals surface area contributed by atoms with E-state index in [2.05, 4.69) is 10.4 Å². The molecule has 0 spiro atoms. The van der Waals surface area contributed by atoms with Crippen molar-refractivity contribution in [3.8, 4) is 5.69 Å². The Hall–Kier alpha value is -1.27. The Morgan fingerprint density at radius 3 is 2.50 bits per heavy atom. The third-order valence-electron chi connectivity index (χ3n) is 3.56. The minimum absolute atomic E-state index is 0.0958. The van der Waals surface area contributed by atoms with E-state index in [9.17, 15) is 9.90 Å². The monoisotopic (exact) mass is 389 g/mol. The maximum absolute atomic E-state index is 12.1. The highest BCUT2D eigenvalue weighted by atomic mass is 35.5. The van der Waals surface area contributed by atoms with Crippen LogP contribution >= 0.6 is 34.8 Å². The van der Waals surface area contributed by atoms with Gasteiger partial charge in [-0.3, -0.25) is 4.79 Å². The van der Waals surface area contributed by atoms with E-state index in [-0.39, 0.29) is 15.5 Å². The molecule has 2 aromatic rings. The molecule has 2 rings (SSSR count). The summed E-state index contributed by atoms with van der Waals surface area (Å²) in [5, 5.41) is 17.5. The first kappa shape index (κ1) is 19.1. The number of nitrogens with zero attached hydrogens (tertiary/aromatic N) is 2. The summed E-state index contributed by atoms with van der Waals surface area (Å²) in [5.41, 5.74) is 0.350. The third-order valence-corrected chi connectivity index (χ3v) is 4.62. The number of anilines is 1. The summed E-state index contributed by atoms with van der Waals surface area (Å²) in [6, 6.07) is 4.98. The van der Waals surface area contributed by atoms with Crippen molar-refractivity contribution in [1.82, 2.24) is 9.78 Å². The molecular formula is C16H18Cl3N3O2. The molecule has 1 aromatic carbocycles. The Bertz CT molecular complexity index is 800. The lowest BCUT2D eigenvalue weighted by Gasteiger charge is -2.26. The number of halogens is 3. The molecule has 0 unspecified atom stereocenters. The smallest absolute Gasteiger partial charge is 0.291 e. The van der Waals surface area contributed by atoms with Crippen molar-refractivity contribution in [1.29, 1.82) is 0 Å². The number of rotatable bonds is 4. The Balaban J connectivity index is 2.25. The van der Waals surface area contributed by atoms with Crippen LogP contribution < -0.4 is 10.9 Å². The lowest BCUT2D eigenvalue weighted by molar-refractivity contribution is 0.0746. The van der Waals surface area contributed by atoms with Crippen molar-refractivity contribution in [3.63, 3.8) is 0 Å². The molecule has 0 aliphatic carbocycles. The fourth-order valence-electron chi connectivity index (χ4n) is 1.89.